The minimum Gasteiger partial charge on any atom is -0.279 e. The first-order chi connectivity index (χ1) is 10.8. The highest BCUT2D eigenvalue weighted by atomic mass is 32.2. The Hall–Kier alpha value is -2.19. The van der Waals surface area contributed by atoms with Crippen molar-refractivity contribution in [3.63, 3.8) is 0 Å². The normalized spacial score (nSPS) is 11.8. The van der Waals surface area contributed by atoms with Gasteiger partial charge in [-0.2, -0.15) is 0 Å². The minimum atomic E-state index is -4.02. The maximum atomic E-state index is 12.7. The second kappa shape index (κ2) is 5.47. The van der Waals surface area contributed by atoms with E-state index in [2.05, 4.69) is 9.71 Å². The monoisotopic (exact) mass is 349 g/mol. The lowest BCUT2D eigenvalue weighted by molar-refractivity contribution is 0.598. The van der Waals surface area contributed by atoms with Crippen molar-refractivity contribution in [1.82, 2.24) is 9.38 Å². The van der Waals surface area contributed by atoms with Crippen molar-refractivity contribution in [2.75, 3.05) is 4.72 Å². The van der Waals surface area contributed by atoms with E-state index in [-0.39, 0.29) is 10.6 Å². The largest absolute Gasteiger partial charge is 0.279 e. The Labute approximate surface area is 137 Å². The van der Waals surface area contributed by atoms with Crippen molar-refractivity contribution in [3.05, 3.63) is 57.0 Å². The Morgan fingerprint density at radius 1 is 1.13 bits per heavy atom. The van der Waals surface area contributed by atoms with Crippen LogP contribution in [0.25, 0.3) is 4.96 Å². The standard InChI is InChI=1S/C15H15N3O3S2/c1-9-6-10(2)8-12(7-9)17-23(20,21)13-11(3)16-15-18(14(13)19)4-5-22-15/h4-8,17H,1-3H3. The fourth-order valence-electron chi connectivity index (χ4n) is 2.52. The lowest BCUT2D eigenvalue weighted by Crippen LogP contribution is -2.27. The van der Waals surface area contributed by atoms with Crippen molar-refractivity contribution in [3.8, 4) is 0 Å². The Morgan fingerprint density at radius 2 is 1.78 bits per heavy atom. The van der Waals surface area contributed by atoms with E-state index in [1.165, 1.54) is 28.9 Å². The molecule has 0 radical (unpaired) electrons. The summed E-state index contributed by atoms with van der Waals surface area (Å²) in [4.78, 5) is 16.8. The van der Waals surface area contributed by atoms with Crippen LogP contribution in [0.5, 0.6) is 0 Å². The molecule has 0 spiro atoms. The quantitative estimate of drug-likeness (QED) is 0.788. The number of hydrogen-bond donors (Lipinski definition) is 1. The van der Waals surface area contributed by atoms with Gasteiger partial charge in [-0.05, 0) is 44.0 Å². The summed E-state index contributed by atoms with van der Waals surface area (Å²) in [5, 5.41) is 1.69. The van der Waals surface area contributed by atoms with E-state index < -0.39 is 15.6 Å². The van der Waals surface area contributed by atoms with E-state index in [9.17, 15) is 13.2 Å². The molecule has 0 unspecified atom stereocenters. The summed E-state index contributed by atoms with van der Waals surface area (Å²) in [6.07, 6.45) is 1.52. The lowest BCUT2D eigenvalue weighted by Gasteiger charge is -2.11. The molecule has 0 saturated heterocycles. The second-order valence-electron chi connectivity index (χ2n) is 5.37. The van der Waals surface area contributed by atoms with E-state index in [1.54, 1.807) is 17.5 Å². The highest BCUT2D eigenvalue weighted by Crippen LogP contribution is 2.19. The molecule has 0 fully saturated rings. The van der Waals surface area contributed by atoms with E-state index in [1.807, 2.05) is 19.9 Å². The van der Waals surface area contributed by atoms with Crippen LogP contribution in [0.1, 0.15) is 16.8 Å². The van der Waals surface area contributed by atoms with Gasteiger partial charge in [-0.15, -0.1) is 11.3 Å². The summed E-state index contributed by atoms with van der Waals surface area (Å²) in [7, 11) is -4.02. The third-order valence-electron chi connectivity index (χ3n) is 3.34. The summed E-state index contributed by atoms with van der Waals surface area (Å²) in [6, 6.07) is 5.37. The smallest absolute Gasteiger partial charge is 0.279 e. The van der Waals surface area contributed by atoms with Gasteiger partial charge in [0.1, 0.15) is 0 Å². The average Bonchev–Trinajstić information content (AvgIpc) is 2.84. The molecule has 1 N–H and O–H groups in total. The van der Waals surface area contributed by atoms with Gasteiger partial charge in [0.15, 0.2) is 9.86 Å². The zero-order valence-electron chi connectivity index (χ0n) is 12.8. The average molecular weight is 349 g/mol. The molecule has 0 amide bonds. The van der Waals surface area contributed by atoms with Gasteiger partial charge in [0.25, 0.3) is 15.6 Å². The van der Waals surface area contributed by atoms with Gasteiger partial charge < -0.3 is 0 Å². The van der Waals surface area contributed by atoms with Crippen molar-refractivity contribution in [1.29, 1.82) is 0 Å². The van der Waals surface area contributed by atoms with Gasteiger partial charge in [-0.1, -0.05) is 6.07 Å². The number of hydrogen-bond acceptors (Lipinski definition) is 5. The van der Waals surface area contributed by atoms with E-state index in [0.717, 1.165) is 11.1 Å². The molecule has 0 saturated carbocycles. The van der Waals surface area contributed by atoms with E-state index in [4.69, 9.17) is 0 Å². The Morgan fingerprint density at radius 3 is 2.43 bits per heavy atom. The number of fused-ring (bicyclic) bond motifs is 1. The first kappa shape index (κ1) is 15.7. The molecule has 0 aliphatic rings. The summed E-state index contributed by atoms with van der Waals surface area (Å²) >= 11 is 1.28. The number of thiazole rings is 1. The van der Waals surface area contributed by atoms with E-state index >= 15 is 0 Å². The van der Waals surface area contributed by atoms with Crippen LogP contribution < -0.4 is 10.3 Å². The molecule has 3 aromatic rings. The molecule has 3 rings (SSSR count). The Balaban J connectivity index is 2.15. The van der Waals surface area contributed by atoms with Gasteiger partial charge in [-0.3, -0.25) is 13.9 Å². The number of aryl methyl sites for hydroxylation is 3. The molecule has 23 heavy (non-hydrogen) atoms. The van der Waals surface area contributed by atoms with Gasteiger partial charge in [0.2, 0.25) is 0 Å². The summed E-state index contributed by atoms with van der Waals surface area (Å²) in [5.41, 5.74) is 1.89. The number of nitrogens with zero attached hydrogens (tertiary/aromatic N) is 2. The van der Waals surface area contributed by atoms with Crippen molar-refractivity contribution in [2.45, 2.75) is 25.7 Å². The van der Waals surface area contributed by atoms with Crippen LogP contribution in [-0.4, -0.2) is 17.8 Å². The van der Waals surface area contributed by atoms with Crippen molar-refractivity contribution in [2.24, 2.45) is 0 Å². The third-order valence-corrected chi connectivity index (χ3v) is 5.61. The predicted molar refractivity (Wildman–Crippen MR) is 90.8 cm³/mol. The van der Waals surface area contributed by atoms with Crippen LogP contribution >= 0.6 is 11.3 Å². The van der Waals surface area contributed by atoms with Crippen LogP contribution in [-0.2, 0) is 10.0 Å². The number of sulfonamides is 1. The predicted octanol–water partition coefficient (Wildman–Crippen LogP) is 2.48. The van der Waals surface area contributed by atoms with Crippen LogP contribution in [0.3, 0.4) is 0 Å². The molecule has 2 heterocycles. The molecular weight excluding hydrogens is 334 g/mol. The molecule has 6 nitrogen and oxygen atoms in total. The van der Waals surface area contributed by atoms with Gasteiger partial charge >= 0.3 is 0 Å². The number of aromatic nitrogens is 2. The highest BCUT2D eigenvalue weighted by molar-refractivity contribution is 7.92. The summed E-state index contributed by atoms with van der Waals surface area (Å²) in [6.45, 7) is 5.28. The second-order valence-corrected chi connectivity index (χ2v) is 7.86. The van der Waals surface area contributed by atoms with Gasteiger partial charge in [0.05, 0.1) is 5.69 Å². The summed E-state index contributed by atoms with van der Waals surface area (Å²) in [5.74, 6) is 0. The first-order valence-corrected chi connectivity index (χ1v) is 9.22. The van der Waals surface area contributed by atoms with E-state index in [0.29, 0.717) is 10.6 Å². The highest BCUT2D eigenvalue weighted by Gasteiger charge is 2.24. The maximum absolute atomic E-state index is 12.7. The molecule has 0 atom stereocenters. The Kier molecular flexibility index (Phi) is 3.73. The fourth-order valence-corrected chi connectivity index (χ4v) is 4.56. The molecule has 120 valence electrons. The fraction of sp³-hybridized carbons (Fsp3) is 0.200. The van der Waals surface area contributed by atoms with Crippen molar-refractivity contribution >= 4 is 32.0 Å². The number of nitrogens with one attached hydrogen (secondary N) is 1. The van der Waals surface area contributed by atoms with Crippen molar-refractivity contribution < 1.29 is 8.42 Å². The topological polar surface area (TPSA) is 80.5 Å². The zero-order chi connectivity index (χ0) is 16.8. The minimum absolute atomic E-state index is 0.189. The van der Waals surface area contributed by atoms with Gasteiger partial charge in [0, 0.05) is 17.3 Å². The molecule has 2 aromatic heterocycles. The number of anilines is 1. The molecule has 0 aliphatic carbocycles. The molecular formula is C15H15N3O3S2. The zero-order valence-corrected chi connectivity index (χ0v) is 14.5. The first-order valence-electron chi connectivity index (χ1n) is 6.85. The van der Waals surface area contributed by atoms with Crippen LogP contribution in [0.15, 0.2) is 39.5 Å². The molecule has 1 aromatic carbocycles. The van der Waals surface area contributed by atoms with Crippen LogP contribution in [0.4, 0.5) is 5.69 Å². The van der Waals surface area contributed by atoms with Crippen LogP contribution in [0.2, 0.25) is 0 Å². The number of benzene rings is 1. The lowest BCUT2D eigenvalue weighted by atomic mass is 10.1. The SMILES string of the molecule is Cc1cc(C)cc(NS(=O)(=O)c2c(C)nc3sccn3c2=O)c1. The Bertz CT molecular complexity index is 1050. The molecule has 0 bridgehead atoms. The maximum Gasteiger partial charge on any atom is 0.279 e. The molecule has 0 aliphatic heterocycles. The summed E-state index contributed by atoms with van der Waals surface area (Å²) < 4.78 is 29.1. The van der Waals surface area contributed by atoms with Gasteiger partial charge in [-0.25, -0.2) is 13.4 Å². The number of rotatable bonds is 3. The third kappa shape index (κ3) is 2.87. The molecule has 8 heteroatoms. The van der Waals surface area contributed by atoms with Crippen LogP contribution in [0, 0.1) is 20.8 Å².